The fourth-order valence-corrected chi connectivity index (χ4v) is 4.56. The van der Waals surface area contributed by atoms with Gasteiger partial charge < -0.3 is 19.5 Å². The fourth-order valence-electron chi connectivity index (χ4n) is 4.56. The van der Waals surface area contributed by atoms with Crippen LogP contribution in [-0.4, -0.2) is 49.4 Å². The molecule has 2 heterocycles. The average Bonchev–Trinajstić information content (AvgIpc) is 3.05. The quantitative estimate of drug-likeness (QED) is 0.880. The number of benzene rings is 2. The van der Waals surface area contributed by atoms with Crippen molar-refractivity contribution in [2.45, 2.75) is 18.6 Å². The summed E-state index contributed by atoms with van der Waals surface area (Å²) < 4.78 is 25.0. The Balaban J connectivity index is 1.35. The van der Waals surface area contributed by atoms with Gasteiger partial charge in [0.15, 0.2) is 11.5 Å². The first kappa shape index (κ1) is 16.8. The largest absolute Gasteiger partial charge is 0.486 e. The van der Waals surface area contributed by atoms with E-state index in [2.05, 4.69) is 15.9 Å². The summed E-state index contributed by atoms with van der Waals surface area (Å²) in [5.74, 6) is 1.38. The lowest BCUT2D eigenvalue weighted by Gasteiger charge is -2.44. The molecule has 0 radical (unpaired) electrons. The highest BCUT2D eigenvalue weighted by molar-refractivity contribution is 5.65. The van der Waals surface area contributed by atoms with Crippen LogP contribution in [0.25, 0.3) is 0 Å². The summed E-state index contributed by atoms with van der Waals surface area (Å²) in [5, 5.41) is 11.3. The molecule has 0 spiro atoms. The number of piperazine rings is 1. The molecule has 1 unspecified atom stereocenters. The van der Waals surface area contributed by atoms with Gasteiger partial charge in [-0.3, -0.25) is 4.90 Å². The maximum Gasteiger partial charge on any atom is 0.184 e. The smallest absolute Gasteiger partial charge is 0.184 e. The molecule has 1 N–H and O–H groups in total. The monoisotopic (exact) mass is 370 g/mol. The SMILES string of the molecule is OC1(N2CCN(c3cccc4c3OCCO4)CC2)CCc2cc(F)ccc21. The van der Waals surface area contributed by atoms with Crippen molar-refractivity contribution in [1.82, 2.24) is 4.90 Å². The van der Waals surface area contributed by atoms with E-state index in [0.717, 1.165) is 54.5 Å². The number of aliphatic hydroxyl groups is 1. The van der Waals surface area contributed by atoms with Crippen LogP contribution in [0.4, 0.5) is 10.1 Å². The summed E-state index contributed by atoms with van der Waals surface area (Å²) in [5.41, 5.74) is 1.83. The molecule has 142 valence electrons. The lowest BCUT2D eigenvalue weighted by Crippen LogP contribution is -2.55. The maximum atomic E-state index is 13.5. The van der Waals surface area contributed by atoms with Crippen LogP contribution in [0.3, 0.4) is 0 Å². The summed E-state index contributed by atoms with van der Waals surface area (Å²) in [6.45, 7) is 4.20. The molecule has 2 aliphatic heterocycles. The summed E-state index contributed by atoms with van der Waals surface area (Å²) in [7, 11) is 0. The number of hydrogen-bond acceptors (Lipinski definition) is 5. The fraction of sp³-hybridized carbons (Fsp3) is 0.429. The highest BCUT2D eigenvalue weighted by atomic mass is 19.1. The molecule has 27 heavy (non-hydrogen) atoms. The first-order valence-corrected chi connectivity index (χ1v) is 9.55. The molecule has 5 rings (SSSR count). The molecule has 1 aliphatic carbocycles. The van der Waals surface area contributed by atoms with Crippen LogP contribution in [0.1, 0.15) is 17.5 Å². The third-order valence-corrected chi connectivity index (χ3v) is 5.93. The van der Waals surface area contributed by atoms with Gasteiger partial charge in [0.1, 0.15) is 24.8 Å². The Morgan fingerprint density at radius 3 is 2.67 bits per heavy atom. The first-order chi connectivity index (χ1) is 13.1. The molecule has 0 saturated carbocycles. The molecule has 3 aliphatic rings. The summed E-state index contributed by atoms with van der Waals surface area (Å²) >= 11 is 0. The molecule has 0 bridgehead atoms. The van der Waals surface area contributed by atoms with E-state index in [1.807, 2.05) is 12.1 Å². The van der Waals surface area contributed by atoms with Gasteiger partial charge in [0.2, 0.25) is 0 Å². The molecule has 1 atom stereocenters. The minimum Gasteiger partial charge on any atom is -0.486 e. The van der Waals surface area contributed by atoms with Crippen LogP contribution >= 0.6 is 0 Å². The predicted molar refractivity (Wildman–Crippen MR) is 99.8 cm³/mol. The number of ether oxygens (including phenoxy) is 2. The molecular formula is C21H23FN2O3. The van der Waals surface area contributed by atoms with Gasteiger partial charge in [-0.15, -0.1) is 0 Å². The van der Waals surface area contributed by atoms with E-state index in [1.165, 1.54) is 6.07 Å². The number of anilines is 1. The Labute approximate surface area is 157 Å². The van der Waals surface area contributed by atoms with E-state index in [0.29, 0.717) is 26.1 Å². The van der Waals surface area contributed by atoms with Crippen molar-refractivity contribution in [3.05, 3.63) is 53.3 Å². The zero-order valence-electron chi connectivity index (χ0n) is 15.2. The van der Waals surface area contributed by atoms with Crippen molar-refractivity contribution >= 4 is 5.69 Å². The number of halogens is 1. The van der Waals surface area contributed by atoms with Gasteiger partial charge in [0.25, 0.3) is 0 Å². The van der Waals surface area contributed by atoms with Crippen LogP contribution < -0.4 is 14.4 Å². The van der Waals surface area contributed by atoms with Gasteiger partial charge in [-0.2, -0.15) is 0 Å². The number of para-hydroxylation sites is 1. The highest BCUT2D eigenvalue weighted by Gasteiger charge is 2.43. The normalized spacial score (nSPS) is 24.7. The highest BCUT2D eigenvalue weighted by Crippen LogP contribution is 2.42. The second-order valence-corrected chi connectivity index (χ2v) is 7.39. The summed E-state index contributed by atoms with van der Waals surface area (Å²) in [6.07, 6.45) is 1.32. The molecule has 0 aromatic heterocycles. The van der Waals surface area contributed by atoms with Gasteiger partial charge in [0, 0.05) is 31.7 Å². The minimum atomic E-state index is -0.995. The van der Waals surface area contributed by atoms with Crippen LogP contribution in [0.5, 0.6) is 11.5 Å². The van der Waals surface area contributed by atoms with Crippen molar-refractivity contribution in [3.8, 4) is 11.5 Å². The number of nitrogens with zero attached hydrogens (tertiary/aromatic N) is 2. The van der Waals surface area contributed by atoms with Crippen LogP contribution in [0, 0.1) is 5.82 Å². The van der Waals surface area contributed by atoms with E-state index < -0.39 is 5.72 Å². The Morgan fingerprint density at radius 1 is 1.00 bits per heavy atom. The average molecular weight is 370 g/mol. The summed E-state index contributed by atoms with van der Waals surface area (Å²) in [6, 6.07) is 10.7. The van der Waals surface area contributed by atoms with Gasteiger partial charge in [-0.1, -0.05) is 12.1 Å². The third-order valence-electron chi connectivity index (χ3n) is 5.93. The Hall–Kier alpha value is -2.31. The van der Waals surface area contributed by atoms with Crippen molar-refractivity contribution in [2.75, 3.05) is 44.3 Å². The van der Waals surface area contributed by atoms with Crippen molar-refractivity contribution < 1.29 is 19.0 Å². The van der Waals surface area contributed by atoms with Crippen molar-refractivity contribution in [1.29, 1.82) is 0 Å². The second kappa shape index (κ2) is 6.39. The molecule has 2 aromatic rings. The number of rotatable bonds is 2. The van der Waals surface area contributed by atoms with Gasteiger partial charge in [-0.25, -0.2) is 4.39 Å². The molecule has 1 fully saturated rings. The van der Waals surface area contributed by atoms with E-state index in [-0.39, 0.29) is 5.82 Å². The molecule has 5 nitrogen and oxygen atoms in total. The zero-order chi connectivity index (χ0) is 18.4. The molecular weight excluding hydrogens is 347 g/mol. The van der Waals surface area contributed by atoms with Gasteiger partial charge in [0.05, 0.1) is 5.69 Å². The lowest BCUT2D eigenvalue weighted by atomic mass is 10.0. The van der Waals surface area contributed by atoms with Gasteiger partial charge >= 0.3 is 0 Å². The van der Waals surface area contributed by atoms with E-state index >= 15 is 0 Å². The second-order valence-electron chi connectivity index (χ2n) is 7.39. The number of aryl methyl sites for hydroxylation is 1. The molecule has 0 amide bonds. The van der Waals surface area contributed by atoms with E-state index in [1.54, 1.807) is 12.1 Å². The Bertz CT molecular complexity index is 867. The van der Waals surface area contributed by atoms with Gasteiger partial charge in [-0.05, 0) is 42.7 Å². The van der Waals surface area contributed by atoms with Crippen molar-refractivity contribution in [2.24, 2.45) is 0 Å². The minimum absolute atomic E-state index is 0.237. The number of fused-ring (bicyclic) bond motifs is 2. The third kappa shape index (κ3) is 2.75. The zero-order valence-corrected chi connectivity index (χ0v) is 15.2. The predicted octanol–water partition coefficient (Wildman–Crippen LogP) is 2.51. The standard InChI is InChI=1S/C21H23FN2O3/c22-16-4-5-17-15(14-16)6-7-21(17,25)24-10-8-23(9-11-24)18-2-1-3-19-20(18)27-13-12-26-19/h1-5,14,25H,6-13H2. The topological polar surface area (TPSA) is 45.2 Å². The van der Waals surface area contributed by atoms with E-state index in [4.69, 9.17) is 9.47 Å². The van der Waals surface area contributed by atoms with Crippen LogP contribution in [0.15, 0.2) is 36.4 Å². The van der Waals surface area contributed by atoms with E-state index in [9.17, 15) is 9.50 Å². The molecule has 6 heteroatoms. The first-order valence-electron chi connectivity index (χ1n) is 9.55. The maximum absolute atomic E-state index is 13.5. The van der Waals surface area contributed by atoms with Crippen LogP contribution in [-0.2, 0) is 12.1 Å². The lowest BCUT2D eigenvalue weighted by molar-refractivity contribution is -0.116. The Kier molecular flexibility index (Phi) is 3.98. The van der Waals surface area contributed by atoms with Crippen LogP contribution in [0.2, 0.25) is 0 Å². The molecule has 2 aromatic carbocycles. The summed E-state index contributed by atoms with van der Waals surface area (Å²) in [4.78, 5) is 4.41. The Morgan fingerprint density at radius 2 is 1.81 bits per heavy atom. The van der Waals surface area contributed by atoms with Crippen molar-refractivity contribution in [3.63, 3.8) is 0 Å². The molecule has 1 saturated heterocycles. The number of hydrogen-bond donors (Lipinski definition) is 1.